The number of hydrazine groups is 1. The lowest BCUT2D eigenvalue weighted by Crippen LogP contribution is -2.30. The fourth-order valence-corrected chi connectivity index (χ4v) is 2.71. The molecule has 0 bridgehead atoms. The molecule has 6 nitrogen and oxygen atoms in total. The lowest BCUT2D eigenvalue weighted by Gasteiger charge is -2.18. The van der Waals surface area contributed by atoms with Gasteiger partial charge in [0.2, 0.25) is 0 Å². The van der Waals surface area contributed by atoms with E-state index in [2.05, 4.69) is 10.9 Å². The van der Waals surface area contributed by atoms with Crippen molar-refractivity contribution in [2.24, 2.45) is 5.92 Å². The van der Waals surface area contributed by atoms with E-state index in [9.17, 15) is 9.90 Å². The van der Waals surface area contributed by atoms with Crippen LogP contribution in [-0.4, -0.2) is 30.3 Å². The number of nitrogens with one attached hydrogen (secondary N) is 2. The van der Waals surface area contributed by atoms with Gasteiger partial charge in [-0.3, -0.25) is 10.2 Å². The van der Waals surface area contributed by atoms with Crippen LogP contribution in [0.1, 0.15) is 24.9 Å². The van der Waals surface area contributed by atoms with Crippen molar-refractivity contribution in [3.63, 3.8) is 0 Å². The first-order chi connectivity index (χ1) is 9.66. The van der Waals surface area contributed by atoms with Crippen molar-refractivity contribution in [2.45, 2.75) is 25.4 Å². The van der Waals surface area contributed by atoms with Gasteiger partial charge in [0.1, 0.15) is 0 Å². The molecule has 0 radical (unpaired) electrons. The smallest absolute Gasteiger partial charge is 0.310 e. The summed E-state index contributed by atoms with van der Waals surface area (Å²) >= 11 is 0. The fraction of sp³-hybridized carbons (Fsp3) is 0.500. The number of rotatable bonds is 2. The summed E-state index contributed by atoms with van der Waals surface area (Å²) in [6.07, 6.45) is 0.849. The second-order valence-corrected chi connectivity index (χ2v) is 5.18. The summed E-state index contributed by atoms with van der Waals surface area (Å²) in [6.45, 7) is 3.12. The predicted octanol–water partition coefficient (Wildman–Crippen LogP) is 1.09. The molecule has 0 amide bonds. The van der Waals surface area contributed by atoms with Crippen LogP contribution in [0.5, 0.6) is 11.5 Å². The number of aliphatic carboxylic acids is 1. The zero-order valence-corrected chi connectivity index (χ0v) is 11.3. The summed E-state index contributed by atoms with van der Waals surface area (Å²) < 4.78 is 11.2. The third-order valence-corrected chi connectivity index (χ3v) is 3.78. The van der Waals surface area contributed by atoms with Crippen LogP contribution >= 0.6 is 0 Å². The van der Waals surface area contributed by atoms with Crippen LogP contribution in [0.3, 0.4) is 0 Å². The molecule has 2 heterocycles. The molecule has 0 saturated carbocycles. The van der Waals surface area contributed by atoms with Crippen molar-refractivity contribution >= 4 is 5.97 Å². The van der Waals surface area contributed by atoms with Crippen molar-refractivity contribution in [1.82, 2.24) is 10.9 Å². The summed E-state index contributed by atoms with van der Waals surface area (Å²) in [4.78, 5) is 11.4. The molecule has 1 saturated heterocycles. The standard InChI is InChI=1S/C14H18N2O4/c1-8-12(14(17)18)13(16-15-8)9-3-4-10-11(7-9)20-6-2-5-19-10/h3-4,7-8,12-13,15-16H,2,5-6H2,1H3,(H,17,18). The Balaban J connectivity index is 1.90. The van der Waals surface area contributed by atoms with Gasteiger partial charge in [0, 0.05) is 12.5 Å². The van der Waals surface area contributed by atoms with Crippen molar-refractivity contribution < 1.29 is 19.4 Å². The van der Waals surface area contributed by atoms with Crippen LogP contribution in [0.15, 0.2) is 18.2 Å². The Labute approximate surface area is 117 Å². The average molecular weight is 278 g/mol. The minimum absolute atomic E-state index is 0.131. The molecule has 3 N–H and O–H groups in total. The molecule has 1 fully saturated rings. The summed E-state index contributed by atoms with van der Waals surface area (Å²) in [5.74, 6) is 0.0782. The largest absolute Gasteiger partial charge is 0.490 e. The molecule has 0 spiro atoms. The molecule has 3 rings (SSSR count). The number of carboxylic acids is 1. The van der Waals surface area contributed by atoms with Gasteiger partial charge in [0.15, 0.2) is 11.5 Å². The van der Waals surface area contributed by atoms with Gasteiger partial charge in [0.05, 0.1) is 25.2 Å². The van der Waals surface area contributed by atoms with E-state index < -0.39 is 11.9 Å². The van der Waals surface area contributed by atoms with Crippen LogP contribution in [0.4, 0.5) is 0 Å². The number of hydrogen-bond donors (Lipinski definition) is 3. The van der Waals surface area contributed by atoms with E-state index in [0.29, 0.717) is 19.0 Å². The highest BCUT2D eigenvalue weighted by molar-refractivity contribution is 5.72. The summed E-state index contributed by atoms with van der Waals surface area (Å²) in [6, 6.07) is 5.20. The minimum Gasteiger partial charge on any atom is -0.490 e. The summed E-state index contributed by atoms with van der Waals surface area (Å²) in [7, 11) is 0. The molecule has 1 aromatic rings. The van der Waals surface area contributed by atoms with Gasteiger partial charge < -0.3 is 14.6 Å². The maximum atomic E-state index is 11.4. The van der Waals surface area contributed by atoms with Crippen molar-refractivity contribution in [3.05, 3.63) is 23.8 Å². The van der Waals surface area contributed by atoms with Crippen LogP contribution in [0, 0.1) is 5.92 Å². The normalized spacial score (nSPS) is 28.9. The van der Waals surface area contributed by atoms with Gasteiger partial charge in [-0.2, -0.15) is 0 Å². The number of benzene rings is 1. The maximum absolute atomic E-state index is 11.4. The van der Waals surface area contributed by atoms with E-state index in [1.54, 1.807) is 0 Å². The van der Waals surface area contributed by atoms with Gasteiger partial charge in [-0.25, -0.2) is 5.43 Å². The molecule has 0 aromatic heterocycles. The molecule has 108 valence electrons. The molecule has 0 aliphatic carbocycles. The molecular weight excluding hydrogens is 260 g/mol. The van der Waals surface area contributed by atoms with Gasteiger partial charge in [0.25, 0.3) is 0 Å². The highest BCUT2D eigenvalue weighted by Crippen LogP contribution is 2.36. The van der Waals surface area contributed by atoms with E-state index in [-0.39, 0.29) is 12.1 Å². The second-order valence-electron chi connectivity index (χ2n) is 5.18. The number of hydrogen-bond acceptors (Lipinski definition) is 5. The maximum Gasteiger partial charge on any atom is 0.310 e. The number of carbonyl (C=O) groups is 1. The third kappa shape index (κ3) is 2.32. The Hall–Kier alpha value is -1.79. The van der Waals surface area contributed by atoms with Gasteiger partial charge in [-0.05, 0) is 24.6 Å². The lowest BCUT2D eigenvalue weighted by atomic mass is 9.90. The summed E-state index contributed by atoms with van der Waals surface area (Å²) in [5.41, 5.74) is 6.93. The zero-order chi connectivity index (χ0) is 14.1. The molecule has 2 aliphatic heterocycles. The van der Waals surface area contributed by atoms with E-state index >= 15 is 0 Å². The number of carboxylic acid groups (broad SMARTS) is 1. The van der Waals surface area contributed by atoms with Crippen molar-refractivity contribution in [2.75, 3.05) is 13.2 Å². The highest BCUT2D eigenvalue weighted by atomic mass is 16.5. The van der Waals surface area contributed by atoms with Crippen LogP contribution in [0.2, 0.25) is 0 Å². The Morgan fingerprint density at radius 3 is 2.75 bits per heavy atom. The van der Waals surface area contributed by atoms with Crippen LogP contribution < -0.4 is 20.3 Å². The second kappa shape index (κ2) is 5.30. The van der Waals surface area contributed by atoms with Crippen LogP contribution in [0.25, 0.3) is 0 Å². The monoisotopic (exact) mass is 278 g/mol. The van der Waals surface area contributed by atoms with Gasteiger partial charge in [-0.1, -0.05) is 6.07 Å². The molecular formula is C14H18N2O4. The Kier molecular flexibility index (Phi) is 3.50. The van der Waals surface area contributed by atoms with E-state index in [0.717, 1.165) is 17.7 Å². The Morgan fingerprint density at radius 2 is 2.00 bits per heavy atom. The molecule has 3 atom stereocenters. The van der Waals surface area contributed by atoms with Gasteiger partial charge in [-0.15, -0.1) is 0 Å². The number of ether oxygens (including phenoxy) is 2. The fourth-order valence-electron chi connectivity index (χ4n) is 2.71. The molecule has 6 heteroatoms. The highest BCUT2D eigenvalue weighted by Gasteiger charge is 2.39. The topological polar surface area (TPSA) is 79.8 Å². The summed E-state index contributed by atoms with van der Waals surface area (Å²) in [5, 5.41) is 9.36. The first-order valence-corrected chi connectivity index (χ1v) is 6.80. The molecule has 3 unspecified atom stereocenters. The number of fused-ring (bicyclic) bond motifs is 1. The van der Waals surface area contributed by atoms with Gasteiger partial charge >= 0.3 is 5.97 Å². The third-order valence-electron chi connectivity index (χ3n) is 3.78. The average Bonchev–Trinajstić information content (AvgIpc) is 2.67. The first-order valence-electron chi connectivity index (χ1n) is 6.80. The van der Waals surface area contributed by atoms with E-state index in [1.807, 2.05) is 25.1 Å². The minimum atomic E-state index is -0.813. The zero-order valence-electron chi connectivity index (χ0n) is 11.3. The van der Waals surface area contributed by atoms with E-state index in [1.165, 1.54) is 0 Å². The predicted molar refractivity (Wildman–Crippen MR) is 71.6 cm³/mol. The van der Waals surface area contributed by atoms with E-state index in [4.69, 9.17) is 9.47 Å². The molecule has 1 aromatic carbocycles. The van der Waals surface area contributed by atoms with Crippen molar-refractivity contribution in [1.29, 1.82) is 0 Å². The Bertz CT molecular complexity index is 520. The first kappa shape index (κ1) is 13.2. The van der Waals surface area contributed by atoms with Crippen LogP contribution in [-0.2, 0) is 4.79 Å². The molecule has 2 aliphatic rings. The lowest BCUT2D eigenvalue weighted by molar-refractivity contribution is -0.142. The molecule has 20 heavy (non-hydrogen) atoms. The quantitative estimate of drug-likeness (QED) is 0.751. The Morgan fingerprint density at radius 1 is 1.25 bits per heavy atom. The van der Waals surface area contributed by atoms with Crippen molar-refractivity contribution in [3.8, 4) is 11.5 Å². The SMILES string of the molecule is CC1NNC(c2ccc3c(c2)OCCCO3)C1C(=O)O.